The van der Waals surface area contributed by atoms with Crippen molar-refractivity contribution in [2.45, 2.75) is 177 Å². The van der Waals surface area contributed by atoms with Crippen LogP contribution in [0.3, 0.4) is 0 Å². The van der Waals surface area contributed by atoms with Crippen LogP contribution in [0.1, 0.15) is 104 Å². The number of esters is 2. The molecule has 1 amide bonds. The molecule has 14 unspecified atom stereocenters. The fourth-order valence-electron chi connectivity index (χ4n) is 8.60. The maximum Gasteiger partial charge on any atom is 0.330 e. The molecule has 23 nitrogen and oxygen atoms in total. The first-order valence-corrected chi connectivity index (χ1v) is 22.3. The predicted octanol–water partition coefficient (Wildman–Crippen LogP) is -1.19. The second-order valence-electron chi connectivity index (χ2n) is 17.3. The van der Waals surface area contributed by atoms with Crippen LogP contribution >= 0.6 is 0 Å². The normalized spacial score (nSPS) is 29.8. The van der Waals surface area contributed by atoms with Crippen LogP contribution in [-0.2, 0) is 47.7 Å². The van der Waals surface area contributed by atoms with E-state index in [1.54, 1.807) is 6.92 Å². The van der Waals surface area contributed by atoms with E-state index in [1.165, 1.54) is 24.8 Å². The number of nitrogens with zero attached hydrogens (tertiary/aromatic N) is 3. The molecule has 368 valence electrons. The molecule has 14 atom stereocenters. The van der Waals surface area contributed by atoms with Crippen LogP contribution in [0.15, 0.2) is 21.9 Å². The molecule has 0 bridgehead atoms. The summed E-state index contributed by atoms with van der Waals surface area (Å²) in [6.07, 6.45) is -8.65. The Kier molecular flexibility index (Phi) is 20.5. The van der Waals surface area contributed by atoms with Crippen LogP contribution < -0.4 is 17.0 Å². The molecule has 0 saturated carbocycles. The van der Waals surface area contributed by atoms with Crippen LogP contribution in [0.4, 0.5) is 0 Å². The highest BCUT2D eigenvalue weighted by molar-refractivity contribution is 5.88. The van der Waals surface area contributed by atoms with Gasteiger partial charge in [-0.3, -0.25) is 38.4 Å². The van der Waals surface area contributed by atoms with Crippen molar-refractivity contribution in [3.8, 4) is 0 Å². The first-order valence-electron chi connectivity index (χ1n) is 22.3. The van der Waals surface area contributed by atoms with E-state index in [0.717, 1.165) is 67.3 Å². The Hall–Kier alpha value is -4.33. The number of amides is 1. The van der Waals surface area contributed by atoms with Crippen LogP contribution in [0.25, 0.3) is 0 Å². The number of aromatic nitrogens is 2. The van der Waals surface area contributed by atoms with E-state index < -0.39 is 139 Å². The Balaban J connectivity index is 1.59. The summed E-state index contributed by atoms with van der Waals surface area (Å²) in [5.41, 5.74) is 3.91. The molecule has 9 N–H and O–H groups in total. The van der Waals surface area contributed by atoms with Crippen LogP contribution in [0.2, 0.25) is 0 Å². The zero-order valence-corrected chi connectivity index (χ0v) is 37.3. The first kappa shape index (κ1) is 53.3. The van der Waals surface area contributed by atoms with E-state index in [4.69, 9.17) is 34.5 Å². The van der Waals surface area contributed by atoms with Gasteiger partial charge in [0.2, 0.25) is 5.91 Å². The highest BCUT2D eigenvalue weighted by Crippen LogP contribution is 2.36. The highest BCUT2D eigenvalue weighted by Gasteiger charge is 2.57. The molecule has 0 radical (unpaired) electrons. The van der Waals surface area contributed by atoms with Gasteiger partial charge in [0.15, 0.2) is 18.6 Å². The Morgan fingerprint density at radius 2 is 1.51 bits per heavy atom. The number of carbonyl (C=O) groups excluding carboxylic acids is 3. The van der Waals surface area contributed by atoms with Crippen molar-refractivity contribution in [2.75, 3.05) is 27.2 Å². The fraction of sp³-hybridized carbons (Fsp3) is 0.786. The Morgan fingerprint density at radius 1 is 0.862 bits per heavy atom. The van der Waals surface area contributed by atoms with Crippen molar-refractivity contribution in [3.05, 3.63) is 33.1 Å². The number of carboxylic acids is 2. The van der Waals surface area contributed by atoms with Gasteiger partial charge in [-0.25, -0.2) is 9.59 Å². The Labute approximate surface area is 375 Å². The summed E-state index contributed by atoms with van der Waals surface area (Å²) >= 11 is 0. The average molecular weight is 930 g/mol. The number of nitrogens with two attached hydrogens (primary N) is 1. The third-order valence-electron chi connectivity index (χ3n) is 12.1. The number of aliphatic carboxylic acids is 2. The summed E-state index contributed by atoms with van der Waals surface area (Å²) in [5, 5.41) is 63.7. The quantitative estimate of drug-likeness (QED) is 0.0422. The third kappa shape index (κ3) is 14.3. The van der Waals surface area contributed by atoms with E-state index in [1.807, 2.05) is 4.98 Å². The fourth-order valence-corrected chi connectivity index (χ4v) is 8.60. The number of carbonyl (C=O) groups is 5. The molecule has 3 fully saturated rings. The lowest BCUT2D eigenvalue weighted by atomic mass is 9.97. The summed E-state index contributed by atoms with van der Waals surface area (Å²) in [7, 11) is 2.46. The number of aliphatic hydroxyl groups is 4. The lowest BCUT2D eigenvalue weighted by Crippen LogP contribution is -2.59. The Bertz CT molecular complexity index is 1860. The largest absolute Gasteiger partial charge is 0.481 e. The van der Waals surface area contributed by atoms with Crippen molar-refractivity contribution >= 4 is 29.8 Å². The molecule has 65 heavy (non-hydrogen) atoms. The van der Waals surface area contributed by atoms with E-state index in [-0.39, 0.29) is 25.8 Å². The average Bonchev–Trinajstić information content (AvgIpc) is 3.64. The van der Waals surface area contributed by atoms with Crippen molar-refractivity contribution < 1.29 is 78.3 Å². The van der Waals surface area contributed by atoms with Gasteiger partial charge < -0.3 is 65.0 Å². The van der Waals surface area contributed by atoms with Crippen molar-refractivity contribution in [1.82, 2.24) is 19.4 Å². The van der Waals surface area contributed by atoms with Crippen molar-refractivity contribution in [3.63, 3.8) is 0 Å². The molecular formula is C42H67N5O18. The van der Waals surface area contributed by atoms with Gasteiger partial charge in [0.25, 0.3) is 5.56 Å². The van der Waals surface area contributed by atoms with Gasteiger partial charge in [0.05, 0.1) is 6.42 Å². The smallest absolute Gasteiger partial charge is 0.330 e. The lowest BCUT2D eigenvalue weighted by Gasteiger charge is -2.38. The molecule has 0 spiro atoms. The van der Waals surface area contributed by atoms with E-state index >= 15 is 0 Å². The minimum Gasteiger partial charge on any atom is -0.481 e. The van der Waals surface area contributed by atoms with E-state index in [0.29, 0.717) is 6.42 Å². The molecule has 23 heteroatoms. The van der Waals surface area contributed by atoms with E-state index in [2.05, 4.69) is 6.92 Å². The molecule has 0 aromatic carbocycles. The SMILES string of the molecule is CCCCCCCCCCCC(CC(=O)OC1CN(C)C(C(OC2OC(CN)C(O)C2O)C2OC(n3ccc(=O)[nH]c3=O)C(O)C2O)C(=O)N(C)C1C(=O)O)OC(=O)CC(C)CC(=O)O. The number of unbranched alkanes of at least 4 members (excludes halogenated alkanes) is 8. The molecule has 4 rings (SSSR count). The number of carboxylic acid groups (broad SMARTS) is 2. The highest BCUT2D eigenvalue weighted by atomic mass is 16.7. The van der Waals surface area contributed by atoms with Crippen LogP contribution in [0, 0.1) is 5.92 Å². The molecular weight excluding hydrogens is 862 g/mol. The van der Waals surface area contributed by atoms with Crippen molar-refractivity contribution in [1.29, 1.82) is 0 Å². The summed E-state index contributed by atoms with van der Waals surface area (Å²) < 4.78 is 30.0. The number of aromatic amines is 1. The van der Waals surface area contributed by atoms with E-state index in [9.17, 15) is 59.1 Å². The van der Waals surface area contributed by atoms with Crippen LogP contribution in [0.5, 0.6) is 0 Å². The number of nitrogens with one attached hydrogen (secondary N) is 1. The number of likely N-dealkylation sites (N-methyl/N-ethyl adjacent to an activating group) is 2. The van der Waals surface area contributed by atoms with Gasteiger partial charge in [-0.05, 0) is 25.8 Å². The zero-order chi connectivity index (χ0) is 48.1. The second kappa shape index (κ2) is 25.0. The van der Waals surface area contributed by atoms with Gasteiger partial charge in [-0.2, -0.15) is 0 Å². The third-order valence-corrected chi connectivity index (χ3v) is 12.1. The predicted molar refractivity (Wildman–Crippen MR) is 225 cm³/mol. The molecule has 1 aromatic heterocycles. The van der Waals surface area contributed by atoms with Gasteiger partial charge in [-0.1, -0.05) is 65.2 Å². The number of rotatable bonds is 25. The summed E-state index contributed by atoms with van der Waals surface area (Å²) in [6, 6.07) is -2.56. The first-order chi connectivity index (χ1) is 30.8. The molecule has 3 saturated heterocycles. The second-order valence-corrected chi connectivity index (χ2v) is 17.3. The molecule has 1 aromatic rings. The molecule has 3 aliphatic heterocycles. The number of aliphatic hydroxyl groups excluding tert-OH is 4. The summed E-state index contributed by atoms with van der Waals surface area (Å²) in [5.74, 6) is -5.91. The maximum atomic E-state index is 14.5. The monoisotopic (exact) mass is 929 g/mol. The minimum absolute atomic E-state index is 0.227. The van der Waals surface area contributed by atoms with Gasteiger partial charge in [0, 0.05) is 45.2 Å². The van der Waals surface area contributed by atoms with Gasteiger partial charge in [0.1, 0.15) is 61.0 Å². The number of ether oxygens (including phenoxy) is 5. The minimum atomic E-state index is -1.95. The van der Waals surface area contributed by atoms with Gasteiger partial charge in [-0.15, -0.1) is 0 Å². The molecule has 3 aliphatic rings. The summed E-state index contributed by atoms with van der Waals surface area (Å²) in [6.45, 7) is 2.95. The topological polar surface area (TPSA) is 340 Å². The maximum absolute atomic E-state index is 14.5. The Morgan fingerprint density at radius 3 is 2.09 bits per heavy atom. The molecule has 4 heterocycles. The number of hydrogen-bond donors (Lipinski definition) is 8. The standard InChI is InChI=1S/C42H67N5O18/c1-5-6-7-8-9-10-11-12-13-14-23(61-28(51)18-22(2)17-27(49)50)19-29(52)62-25-21-45(3)31(38(57)46(4)30(25)40(58)59)36(65-41-35(56)32(53)24(20-43)63-41)37-33(54)34(55)39(64-37)47-16-15-26(48)44-42(47)60/h15-16,22-25,30-37,39,41,53-56H,5-14,17-21,43H2,1-4H3,(H,49,50)(H,58,59)(H,44,48,60). The van der Waals surface area contributed by atoms with Gasteiger partial charge >= 0.3 is 29.6 Å². The molecule has 0 aliphatic carbocycles. The number of H-pyrrole nitrogens is 1. The zero-order valence-electron chi connectivity index (χ0n) is 37.3. The van der Waals surface area contributed by atoms with Crippen LogP contribution in [-0.4, -0.2) is 180 Å². The van der Waals surface area contributed by atoms with Crippen molar-refractivity contribution in [2.24, 2.45) is 11.7 Å². The lowest BCUT2D eigenvalue weighted by molar-refractivity contribution is -0.233. The number of hydrogen-bond acceptors (Lipinski definition) is 18. The summed E-state index contributed by atoms with van der Waals surface area (Å²) in [4.78, 5) is 93.9.